The molecule has 0 heterocycles. The lowest BCUT2D eigenvalue weighted by Crippen LogP contribution is -2.09. The summed E-state index contributed by atoms with van der Waals surface area (Å²) >= 11 is 0. The van der Waals surface area contributed by atoms with Crippen LogP contribution in [0.1, 0.15) is 16.7 Å². The number of hydrogen-bond donors (Lipinski definition) is 1. The predicted octanol–water partition coefficient (Wildman–Crippen LogP) is 4.41. The Bertz CT molecular complexity index is 875. The number of anilines is 1. The monoisotopic (exact) mass is 358 g/mol. The Kier molecular flexibility index (Phi) is 5.82. The van der Waals surface area contributed by atoms with Crippen LogP contribution in [0.4, 0.5) is 18.9 Å². The summed E-state index contributed by atoms with van der Waals surface area (Å²) < 4.78 is 45.2. The van der Waals surface area contributed by atoms with E-state index in [-0.39, 0.29) is 18.0 Å². The van der Waals surface area contributed by atoms with Gasteiger partial charge >= 0.3 is 6.18 Å². The van der Waals surface area contributed by atoms with Crippen molar-refractivity contribution >= 4 is 11.4 Å². The molecule has 0 fully saturated rings. The first-order chi connectivity index (χ1) is 12.3. The number of halogens is 3. The van der Waals surface area contributed by atoms with Gasteiger partial charge in [-0.15, -0.1) is 0 Å². The van der Waals surface area contributed by atoms with E-state index < -0.39 is 17.5 Å². The lowest BCUT2D eigenvalue weighted by molar-refractivity contribution is -0.139. The Labute approximate surface area is 147 Å². The normalized spacial score (nSPS) is 10.4. The molecule has 0 aliphatic heterocycles. The maximum Gasteiger partial charge on any atom is 0.420 e. The van der Waals surface area contributed by atoms with Crippen LogP contribution in [0.2, 0.25) is 0 Å². The van der Waals surface area contributed by atoms with Crippen molar-refractivity contribution in [3.05, 3.63) is 59.2 Å². The first kappa shape index (κ1) is 18.8. The van der Waals surface area contributed by atoms with E-state index in [0.717, 1.165) is 23.3 Å². The van der Waals surface area contributed by atoms with Crippen LogP contribution in [-0.4, -0.2) is 5.71 Å². The van der Waals surface area contributed by atoms with Crippen molar-refractivity contribution in [1.29, 1.82) is 10.5 Å². The van der Waals surface area contributed by atoms with Gasteiger partial charge in [-0.3, -0.25) is 5.43 Å². The molecule has 132 valence electrons. The van der Waals surface area contributed by atoms with Crippen LogP contribution in [-0.2, 0) is 12.8 Å². The summed E-state index contributed by atoms with van der Waals surface area (Å²) in [6, 6.07) is 13.5. The van der Waals surface area contributed by atoms with Crippen molar-refractivity contribution in [2.24, 2.45) is 5.10 Å². The largest absolute Gasteiger partial charge is 0.488 e. The van der Waals surface area contributed by atoms with Gasteiger partial charge in [-0.05, 0) is 30.7 Å². The quantitative estimate of drug-likeness (QED) is 0.634. The molecule has 2 rings (SSSR count). The molecule has 0 unspecified atom stereocenters. The van der Waals surface area contributed by atoms with E-state index in [1.54, 1.807) is 12.1 Å². The van der Waals surface area contributed by atoms with Gasteiger partial charge in [0.15, 0.2) is 0 Å². The number of nitrogens with zero attached hydrogens (tertiary/aromatic N) is 3. The Hall–Kier alpha value is -3.52. The summed E-state index contributed by atoms with van der Waals surface area (Å²) in [4.78, 5) is 0. The van der Waals surface area contributed by atoms with E-state index in [1.807, 2.05) is 19.1 Å². The molecule has 0 saturated heterocycles. The molecule has 1 N–H and O–H groups in total. The molecule has 0 atom stereocenters. The number of hydrogen-bond acceptors (Lipinski definition) is 5. The fourth-order valence-corrected chi connectivity index (χ4v) is 1.99. The SMILES string of the molecule is Cc1ccc(COc2ccc(NN=C(C#N)C#N)cc2C(F)(F)F)cc1. The molecular formula is C18H13F3N4O. The number of hydrazone groups is 1. The Morgan fingerprint density at radius 3 is 2.35 bits per heavy atom. The van der Waals surface area contributed by atoms with E-state index in [4.69, 9.17) is 15.3 Å². The van der Waals surface area contributed by atoms with Gasteiger partial charge in [0.1, 0.15) is 24.5 Å². The lowest BCUT2D eigenvalue weighted by Gasteiger charge is -2.15. The summed E-state index contributed by atoms with van der Waals surface area (Å²) in [5.41, 5.74) is 2.52. The second-order valence-corrected chi connectivity index (χ2v) is 5.28. The van der Waals surface area contributed by atoms with Crippen molar-refractivity contribution in [2.75, 3.05) is 5.43 Å². The summed E-state index contributed by atoms with van der Waals surface area (Å²) in [6.45, 7) is 1.89. The van der Waals surface area contributed by atoms with Crippen LogP contribution < -0.4 is 10.2 Å². The number of benzene rings is 2. The number of alkyl halides is 3. The zero-order valence-electron chi connectivity index (χ0n) is 13.6. The summed E-state index contributed by atoms with van der Waals surface area (Å²) in [5, 5.41) is 20.6. The average molecular weight is 358 g/mol. The number of nitrogens with one attached hydrogen (secondary N) is 1. The molecule has 0 bridgehead atoms. The first-order valence-corrected chi connectivity index (χ1v) is 7.37. The Morgan fingerprint density at radius 1 is 1.12 bits per heavy atom. The zero-order valence-corrected chi connectivity index (χ0v) is 13.6. The van der Waals surface area contributed by atoms with Crippen molar-refractivity contribution in [1.82, 2.24) is 0 Å². The van der Waals surface area contributed by atoms with E-state index in [0.29, 0.717) is 0 Å². The molecule has 0 aromatic heterocycles. The van der Waals surface area contributed by atoms with E-state index >= 15 is 0 Å². The highest BCUT2D eigenvalue weighted by Gasteiger charge is 2.34. The van der Waals surface area contributed by atoms with Gasteiger partial charge < -0.3 is 4.74 Å². The van der Waals surface area contributed by atoms with Gasteiger partial charge in [-0.1, -0.05) is 29.8 Å². The highest BCUT2D eigenvalue weighted by Crippen LogP contribution is 2.38. The topological polar surface area (TPSA) is 81.2 Å². The van der Waals surface area contributed by atoms with Gasteiger partial charge in [0.25, 0.3) is 0 Å². The zero-order chi connectivity index (χ0) is 19.2. The maximum atomic E-state index is 13.3. The lowest BCUT2D eigenvalue weighted by atomic mass is 10.1. The Balaban J connectivity index is 2.23. The molecule has 0 spiro atoms. The van der Waals surface area contributed by atoms with Crippen LogP contribution in [0.5, 0.6) is 5.75 Å². The highest BCUT2D eigenvalue weighted by atomic mass is 19.4. The average Bonchev–Trinajstić information content (AvgIpc) is 2.62. The third kappa shape index (κ3) is 4.99. The van der Waals surface area contributed by atoms with Gasteiger partial charge in [-0.25, -0.2) is 0 Å². The molecule has 0 radical (unpaired) electrons. The molecule has 0 aliphatic rings. The predicted molar refractivity (Wildman–Crippen MR) is 89.2 cm³/mol. The number of rotatable bonds is 5. The number of aryl methyl sites for hydroxylation is 1. The number of nitriles is 2. The maximum absolute atomic E-state index is 13.3. The van der Waals surface area contributed by atoms with Crippen molar-refractivity contribution in [3.8, 4) is 17.9 Å². The fraction of sp³-hybridized carbons (Fsp3) is 0.167. The minimum Gasteiger partial charge on any atom is -0.488 e. The van der Waals surface area contributed by atoms with Crippen molar-refractivity contribution < 1.29 is 17.9 Å². The molecule has 0 amide bonds. The molecule has 0 aliphatic carbocycles. The van der Waals surface area contributed by atoms with E-state index in [1.165, 1.54) is 18.2 Å². The number of ether oxygens (including phenoxy) is 1. The second-order valence-electron chi connectivity index (χ2n) is 5.28. The minimum absolute atomic E-state index is 0.0126. The summed E-state index contributed by atoms with van der Waals surface area (Å²) in [6.07, 6.45) is -4.64. The van der Waals surface area contributed by atoms with Gasteiger partial charge in [0, 0.05) is 0 Å². The highest BCUT2D eigenvalue weighted by molar-refractivity contribution is 6.10. The van der Waals surface area contributed by atoms with Gasteiger partial charge in [0.05, 0.1) is 11.3 Å². The van der Waals surface area contributed by atoms with E-state index in [9.17, 15) is 13.2 Å². The summed E-state index contributed by atoms with van der Waals surface area (Å²) in [7, 11) is 0. The molecule has 8 heteroatoms. The van der Waals surface area contributed by atoms with Crippen LogP contribution >= 0.6 is 0 Å². The molecule has 0 saturated carbocycles. The molecule has 5 nitrogen and oxygen atoms in total. The molecule has 2 aromatic carbocycles. The first-order valence-electron chi connectivity index (χ1n) is 7.37. The fourth-order valence-electron chi connectivity index (χ4n) is 1.99. The van der Waals surface area contributed by atoms with Crippen molar-refractivity contribution in [2.45, 2.75) is 19.7 Å². The van der Waals surface area contributed by atoms with Crippen LogP contribution in [0.3, 0.4) is 0 Å². The molecule has 26 heavy (non-hydrogen) atoms. The second kappa shape index (κ2) is 8.04. The molecular weight excluding hydrogens is 345 g/mol. The Morgan fingerprint density at radius 2 is 1.77 bits per heavy atom. The van der Waals surface area contributed by atoms with Gasteiger partial charge in [-0.2, -0.15) is 28.8 Å². The molecule has 2 aromatic rings. The third-order valence-electron chi connectivity index (χ3n) is 3.31. The standard InChI is InChI=1S/C18H13F3N4O/c1-12-2-4-13(5-3-12)11-26-17-7-6-14(8-16(17)18(19,20)21)24-25-15(9-22)10-23/h2-8,24H,11H2,1H3. The third-order valence-corrected chi connectivity index (χ3v) is 3.31. The van der Waals surface area contributed by atoms with Gasteiger partial charge in [0.2, 0.25) is 5.71 Å². The minimum atomic E-state index is -4.64. The van der Waals surface area contributed by atoms with Crippen LogP contribution in [0.15, 0.2) is 47.6 Å². The van der Waals surface area contributed by atoms with Crippen LogP contribution in [0, 0.1) is 29.6 Å². The van der Waals surface area contributed by atoms with E-state index in [2.05, 4.69) is 10.5 Å². The smallest absolute Gasteiger partial charge is 0.420 e. The summed E-state index contributed by atoms with van der Waals surface area (Å²) in [5.74, 6) is -0.326. The van der Waals surface area contributed by atoms with Crippen molar-refractivity contribution in [3.63, 3.8) is 0 Å². The van der Waals surface area contributed by atoms with Crippen LogP contribution in [0.25, 0.3) is 0 Å².